The molecule has 1 heterocycles. The molecule has 0 amide bonds. The zero-order chi connectivity index (χ0) is 18.5. The predicted octanol–water partition coefficient (Wildman–Crippen LogP) is 1.82. The van der Waals surface area contributed by atoms with Gasteiger partial charge in [0, 0.05) is 38.8 Å². The Hall–Kier alpha value is -1.95. The van der Waals surface area contributed by atoms with Crippen LogP contribution in [0.4, 0.5) is 5.69 Å². The van der Waals surface area contributed by atoms with Gasteiger partial charge in [0.1, 0.15) is 5.75 Å². The third kappa shape index (κ3) is 4.61. The molecule has 2 fully saturated rings. The number of aromatic hydroxyl groups is 1. The van der Waals surface area contributed by atoms with Crippen LogP contribution in [-0.2, 0) is 0 Å². The number of nitrogens with zero attached hydrogens (tertiary/aromatic N) is 4. The van der Waals surface area contributed by atoms with Crippen LogP contribution in [0.15, 0.2) is 29.3 Å². The molecule has 0 spiro atoms. The SMILES string of the molecule is CCNC(=NCC(C1CC1)N(C)C)N1CCN(c2ccccc2O)CC1. The van der Waals surface area contributed by atoms with E-state index in [1.807, 2.05) is 18.2 Å². The van der Waals surface area contributed by atoms with Gasteiger partial charge in [0.2, 0.25) is 0 Å². The van der Waals surface area contributed by atoms with Crippen LogP contribution < -0.4 is 10.2 Å². The monoisotopic (exact) mass is 359 g/mol. The summed E-state index contributed by atoms with van der Waals surface area (Å²) in [6.07, 6.45) is 2.68. The first kappa shape index (κ1) is 18.8. The molecular weight excluding hydrogens is 326 g/mol. The molecule has 0 bridgehead atoms. The lowest BCUT2D eigenvalue weighted by Crippen LogP contribution is -2.53. The van der Waals surface area contributed by atoms with Crippen LogP contribution in [-0.4, -0.2) is 80.3 Å². The van der Waals surface area contributed by atoms with E-state index >= 15 is 0 Å². The van der Waals surface area contributed by atoms with Gasteiger partial charge < -0.3 is 25.1 Å². The van der Waals surface area contributed by atoms with Gasteiger partial charge in [-0.05, 0) is 51.9 Å². The molecule has 1 atom stereocenters. The number of rotatable bonds is 6. The number of phenols is 1. The highest BCUT2D eigenvalue weighted by molar-refractivity contribution is 5.80. The number of likely N-dealkylation sites (N-methyl/N-ethyl adjacent to an activating group) is 1. The molecule has 6 heteroatoms. The first-order chi connectivity index (χ1) is 12.6. The smallest absolute Gasteiger partial charge is 0.194 e. The molecule has 1 aliphatic carbocycles. The maximum absolute atomic E-state index is 10.1. The van der Waals surface area contributed by atoms with Crippen LogP contribution in [0, 0.1) is 5.92 Å². The molecule has 2 N–H and O–H groups in total. The third-order valence-electron chi connectivity index (χ3n) is 5.39. The zero-order valence-corrected chi connectivity index (χ0v) is 16.4. The van der Waals surface area contributed by atoms with Crippen LogP contribution in [0.5, 0.6) is 5.75 Å². The van der Waals surface area contributed by atoms with Gasteiger partial charge in [-0.3, -0.25) is 4.99 Å². The summed E-state index contributed by atoms with van der Waals surface area (Å²) in [5.74, 6) is 2.20. The van der Waals surface area contributed by atoms with Gasteiger partial charge in [-0.25, -0.2) is 0 Å². The molecule has 0 aromatic heterocycles. The van der Waals surface area contributed by atoms with E-state index in [0.717, 1.165) is 56.8 Å². The molecule has 1 aromatic rings. The Morgan fingerprint density at radius 3 is 2.50 bits per heavy atom. The average Bonchev–Trinajstić information content (AvgIpc) is 3.46. The van der Waals surface area contributed by atoms with Crippen molar-refractivity contribution < 1.29 is 5.11 Å². The Kier molecular flexibility index (Phi) is 6.25. The van der Waals surface area contributed by atoms with Crippen molar-refractivity contribution in [2.24, 2.45) is 10.9 Å². The fraction of sp³-hybridized carbons (Fsp3) is 0.650. The fourth-order valence-corrected chi connectivity index (χ4v) is 3.71. The van der Waals surface area contributed by atoms with Crippen molar-refractivity contribution in [3.63, 3.8) is 0 Å². The molecule has 1 aromatic carbocycles. The van der Waals surface area contributed by atoms with E-state index in [-0.39, 0.29) is 0 Å². The van der Waals surface area contributed by atoms with E-state index < -0.39 is 0 Å². The Bertz CT molecular complexity index is 604. The molecule has 1 aliphatic heterocycles. The molecule has 3 rings (SSSR count). The number of benzene rings is 1. The van der Waals surface area contributed by atoms with Gasteiger partial charge in [0.25, 0.3) is 0 Å². The van der Waals surface area contributed by atoms with Crippen molar-refractivity contribution in [1.29, 1.82) is 0 Å². The summed E-state index contributed by atoms with van der Waals surface area (Å²) in [4.78, 5) is 11.9. The van der Waals surface area contributed by atoms with Crippen LogP contribution in [0.2, 0.25) is 0 Å². The first-order valence-corrected chi connectivity index (χ1v) is 9.82. The maximum atomic E-state index is 10.1. The van der Waals surface area contributed by atoms with Gasteiger partial charge in [-0.2, -0.15) is 0 Å². The van der Waals surface area contributed by atoms with Crippen LogP contribution in [0.1, 0.15) is 19.8 Å². The number of hydrogen-bond donors (Lipinski definition) is 2. The van der Waals surface area contributed by atoms with Gasteiger partial charge in [-0.1, -0.05) is 12.1 Å². The average molecular weight is 360 g/mol. The molecule has 1 saturated heterocycles. The van der Waals surface area contributed by atoms with Crippen molar-refractivity contribution in [3.05, 3.63) is 24.3 Å². The van der Waals surface area contributed by atoms with Gasteiger partial charge >= 0.3 is 0 Å². The lowest BCUT2D eigenvalue weighted by Gasteiger charge is -2.38. The van der Waals surface area contributed by atoms with E-state index in [2.05, 4.69) is 41.0 Å². The second kappa shape index (κ2) is 8.62. The molecular formula is C20H33N5O. The van der Waals surface area contributed by atoms with E-state index in [1.165, 1.54) is 12.8 Å². The largest absolute Gasteiger partial charge is 0.506 e. The van der Waals surface area contributed by atoms with Gasteiger partial charge in [0.15, 0.2) is 5.96 Å². The lowest BCUT2D eigenvalue weighted by molar-refractivity contribution is 0.269. The number of aliphatic imine (C=N–C) groups is 1. The van der Waals surface area contributed by atoms with Crippen molar-refractivity contribution in [1.82, 2.24) is 15.1 Å². The second-order valence-electron chi connectivity index (χ2n) is 7.53. The molecule has 6 nitrogen and oxygen atoms in total. The topological polar surface area (TPSA) is 54.3 Å². The maximum Gasteiger partial charge on any atom is 0.194 e. The molecule has 26 heavy (non-hydrogen) atoms. The highest BCUT2D eigenvalue weighted by Gasteiger charge is 2.32. The number of para-hydroxylation sites is 2. The minimum atomic E-state index is 0.361. The number of phenolic OH excluding ortho intramolecular Hbond substituents is 1. The zero-order valence-electron chi connectivity index (χ0n) is 16.4. The van der Waals surface area contributed by atoms with E-state index in [1.54, 1.807) is 6.07 Å². The highest BCUT2D eigenvalue weighted by Crippen LogP contribution is 2.34. The Balaban J connectivity index is 1.61. The summed E-state index contributed by atoms with van der Waals surface area (Å²) >= 11 is 0. The number of anilines is 1. The quantitative estimate of drug-likeness (QED) is 0.599. The second-order valence-corrected chi connectivity index (χ2v) is 7.53. The highest BCUT2D eigenvalue weighted by atomic mass is 16.3. The first-order valence-electron chi connectivity index (χ1n) is 9.82. The minimum Gasteiger partial charge on any atom is -0.506 e. The number of guanidine groups is 1. The summed E-state index contributed by atoms with van der Waals surface area (Å²) in [6, 6.07) is 8.14. The Morgan fingerprint density at radius 2 is 1.92 bits per heavy atom. The van der Waals surface area contributed by atoms with E-state index in [9.17, 15) is 5.11 Å². The van der Waals surface area contributed by atoms with Crippen molar-refractivity contribution >= 4 is 11.6 Å². The van der Waals surface area contributed by atoms with Crippen molar-refractivity contribution in [2.45, 2.75) is 25.8 Å². The standard InChI is InChI=1S/C20H33N5O/c1-4-21-20(22-15-18(23(2)3)16-9-10-16)25-13-11-24(12-14-25)17-7-5-6-8-19(17)26/h5-8,16,18,26H,4,9-15H2,1-3H3,(H,21,22). The molecule has 1 saturated carbocycles. The van der Waals surface area contributed by atoms with Crippen LogP contribution >= 0.6 is 0 Å². The van der Waals surface area contributed by atoms with Crippen LogP contribution in [0.3, 0.4) is 0 Å². The molecule has 144 valence electrons. The number of piperazine rings is 1. The molecule has 2 aliphatic rings. The van der Waals surface area contributed by atoms with E-state index in [0.29, 0.717) is 11.8 Å². The fourth-order valence-electron chi connectivity index (χ4n) is 3.71. The molecule has 0 radical (unpaired) electrons. The summed E-state index contributed by atoms with van der Waals surface area (Å²) in [5.41, 5.74) is 0.926. The normalized spacial score (nSPS) is 19.8. The summed E-state index contributed by atoms with van der Waals surface area (Å²) in [5, 5.41) is 13.5. The van der Waals surface area contributed by atoms with Crippen molar-refractivity contribution in [2.75, 3.05) is 58.3 Å². The Labute approximate surface area is 157 Å². The number of nitrogens with one attached hydrogen (secondary N) is 1. The summed E-state index contributed by atoms with van der Waals surface area (Å²) in [6.45, 7) is 7.47. The molecule has 1 unspecified atom stereocenters. The predicted molar refractivity (Wildman–Crippen MR) is 108 cm³/mol. The summed E-state index contributed by atoms with van der Waals surface area (Å²) in [7, 11) is 4.33. The number of hydrogen-bond acceptors (Lipinski definition) is 4. The van der Waals surface area contributed by atoms with Crippen molar-refractivity contribution in [3.8, 4) is 5.75 Å². The van der Waals surface area contributed by atoms with Gasteiger partial charge in [-0.15, -0.1) is 0 Å². The van der Waals surface area contributed by atoms with Gasteiger partial charge in [0.05, 0.1) is 12.2 Å². The minimum absolute atomic E-state index is 0.361. The van der Waals surface area contributed by atoms with Crippen LogP contribution in [0.25, 0.3) is 0 Å². The van der Waals surface area contributed by atoms with E-state index in [4.69, 9.17) is 4.99 Å². The third-order valence-corrected chi connectivity index (χ3v) is 5.39. The summed E-state index contributed by atoms with van der Waals surface area (Å²) < 4.78 is 0. The Morgan fingerprint density at radius 1 is 1.23 bits per heavy atom. The lowest BCUT2D eigenvalue weighted by atomic mass is 10.2.